The van der Waals surface area contributed by atoms with E-state index < -0.39 is 0 Å². The molecule has 0 aromatic carbocycles. The van der Waals surface area contributed by atoms with E-state index in [1.807, 2.05) is 18.8 Å². The summed E-state index contributed by atoms with van der Waals surface area (Å²) >= 11 is 0. The molecule has 1 fully saturated rings. The Morgan fingerprint density at radius 2 is 1.92 bits per heavy atom. The van der Waals surface area contributed by atoms with E-state index in [9.17, 15) is 4.79 Å². The van der Waals surface area contributed by atoms with Crippen molar-refractivity contribution in [2.24, 2.45) is 25.4 Å². The van der Waals surface area contributed by atoms with Gasteiger partial charge in [0.2, 0.25) is 0 Å². The molecule has 0 aliphatic heterocycles. The number of aromatic nitrogens is 5. The summed E-state index contributed by atoms with van der Waals surface area (Å²) in [4.78, 5) is 16.9. The van der Waals surface area contributed by atoms with Gasteiger partial charge in [0, 0.05) is 36.9 Å². The highest BCUT2D eigenvalue weighted by Crippen LogP contribution is 2.56. The topological polar surface area (TPSA) is 65.6 Å². The smallest absolute Gasteiger partial charge is 0.199 e. The van der Waals surface area contributed by atoms with Gasteiger partial charge < -0.3 is 0 Å². The maximum atomic E-state index is 12.5. The highest BCUT2D eigenvalue weighted by Gasteiger charge is 2.55. The Morgan fingerprint density at radius 3 is 2.58 bits per heavy atom. The average Bonchev–Trinajstić information content (AvgIpc) is 3.07. The Hall–Kier alpha value is -1.98. The summed E-state index contributed by atoms with van der Waals surface area (Å²) in [6.45, 7) is 6.53. The molecule has 0 radical (unpaired) electrons. The molecular weight excluding hydrogens is 302 g/mol. The second kappa shape index (κ2) is 4.77. The third-order valence-electron chi connectivity index (χ3n) is 6.41. The van der Waals surface area contributed by atoms with Crippen LogP contribution in [-0.4, -0.2) is 30.3 Å². The molecule has 0 saturated heterocycles. The number of nitrogens with zero attached hydrogens (tertiary/aromatic N) is 5. The minimum Gasteiger partial charge on any atom is -0.299 e. The van der Waals surface area contributed by atoms with Gasteiger partial charge in [-0.3, -0.25) is 14.2 Å². The molecule has 2 heterocycles. The molecule has 0 N–H and O–H groups in total. The molecule has 0 spiro atoms. The van der Waals surface area contributed by atoms with Crippen molar-refractivity contribution in [1.29, 1.82) is 0 Å². The van der Waals surface area contributed by atoms with Crippen molar-refractivity contribution in [3.63, 3.8) is 0 Å². The molecule has 24 heavy (non-hydrogen) atoms. The minimum absolute atomic E-state index is 0.0458. The van der Waals surface area contributed by atoms with Gasteiger partial charge in [-0.25, -0.2) is 4.98 Å². The van der Waals surface area contributed by atoms with Crippen molar-refractivity contribution in [3.8, 4) is 11.5 Å². The number of Topliss-reactive ketones (excluding diaryl/α,β-unsaturated/α-hetero) is 1. The lowest BCUT2D eigenvalue weighted by Gasteiger charge is -2.51. The van der Waals surface area contributed by atoms with Crippen molar-refractivity contribution in [2.75, 3.05) is 0 Å². The fourth-order valence-electron chi connectivity index (χ4n) is 5.10. The van der Waals surface area contributed by atoms with Gasteiger partial charge in [-0.1, -0.05) is 20.8 Å². The maximum absolute atomic E-state index is 12.5. The summed E-state index contributed by atoms with van der Waals surface area (Å²) in [6, 6.07) is 0. The second-order valence-corrected chi connectivity index (χ2v) is 8.19. The Labute approximate surface area is 142 Å². The molecule has 0 amide bonds. The Morgan fingerprint density at radius 1 is 1.17 bits per heavy atom. The van der Waals surface area contributed by atoms with Gasteiger partial charge in [-0.15, -0.1) is 5.10 Å². The Bertz CT molecular complexity index is 831. The van der Waals surface area contributed by atoms with Crippen LogP contribution in [0.2, 0.25) is 0 Å². The summed E-state index contributed by atoms with van der Waals surface area (Å²) < 4.78 is 3.65. The first-order chi connectivity index (χ1) is 11.2. The number of carbonyl (C=O) groups is 1. The highest BCUT2D eigenvalue weighted by molar-refractivity contribution is 5.86. The van der Waals surface area contributed by atoms with Gasteiger partial charge in [0.05, 0.1) is 5.69 Å². The number of ketones is 1. The van der Waals surface area contributed by atoms with E-state index in [0.717, 1.165) is 36.5 Å². The van der Waals surface area contributed by atoms with Crippen LogP contribution in [0.15, 0.2) is 6.33 Å². The molecule has 0 unspecified atom stereocenters. The molecule has 128 valence electrons. The summed E-state index contributed by atoms with van der Waals surface area (Å²) in [5.74, 6) is 1.48. The number of fused-ring (bicyclic) bond motifs is 3. The van der Waals surface area contributed by atoms with Crippen LogP contribution in [0.1, 0.15) is 51.3 Å². The second-order valence-electron chi connectivity index (χ2n) is 8.19. The molecule has 4 rings (SSSR count). The lowest BCUT2D eigenvalue weighted by molar-refractivity contribution is -0.137. The number of carbonyl (C=O) groups excluding carboxylic acids is 1. The molecule has 2 atom stereocenters. The standard InChI is InChI=1S/C18H25N5O/c1-17(2)12-7-6-11-14(16-19-10-22(4)21-16)23(5)20-15(11)18(12,3)9-8-13(17)24/h10,12H,6-9H2,1-5H3/t12-,18-/m0/s1. The number of hydrogen-bond acceptors (Lipinski definition) is 4. The number of rotatable bonds is 1. The first-order valence-electron chi connectivity index (χ1n) is 8.71. The fourth-order valence-corrected chi connectivity index (χ4v) is 5.10. The minimum atomic E-state index is -0.272. The van der Waals surface area contributed by atoms with E-state index in [0.29, 0.717) is 18.1 Å². The molecule has 6 nitrogen and oxygen atoms in total. The molecule has 0 bridgehead atoms. The van der Waals surface area contributed by atoms with Crippen LogP contribution in [0.25, 0.3) is 11.5 Å². The van der Waals surface area contributed by atoms with E-state index in [2.05, 4.69) is 30.9 Å². The summed E-state index contributed by atoms with van der Waals surface area (Å²) in [5.41, 5.74) is 3.14. The van der Waals surface area contributed by atoms with Crippen LogP contribution in [0.5, 0.6) is 0 Å². The fraction of sp³-hybridized carbons (Fsp3) is 0.667. The highest BCUT2D eigenvalue weighted by atomic mass is 16.1. The zero-order valence-electron chi connectivity index (χ0n) is 15.1. The molecule has 2 aliphatic carbocycles. The largest absolute Gasteiger partial charge is 0.299 e. The van der Waals surface area contributed by atoms with Crippen molar-refractivity contribution >= 4 is 5.78 Å². The van der Waals surface area contributed by atoms with Crippen LogP contribution >= 0.6 is 0 Å². The molecule has 2 aromatic rings. The molecular formula is C18H25N5O. The number of hydrogen-bond donors (Lipinski definition) is 0. The predicted molar refractivity (Wildman–Crippen MR) is 90.4 cm³/mol. The zero-order valence-corrected chi connectivity index (χ0v) is 15.1. The van der Waals surface area contributed by atoms with Crippen LogP contribution < -0.4 is 0 Å². The van der Waals surface area contributed by atoms with E-state index in [1.165, 1.54) is 5.56 Å². The van der Waals surface area contributed by atoms with Crippen LogP contribution in [-0.2, 0) is 30.7 Å². The normalized spacial score (nSPS) is 28.5. The lowest BCUT2D eigenvalue weighted by atomic mass is 9.51. The van der Waals surface area contributed by atoms with Crippen LogP contribution in [0.3, 0.4) is 0 Å². The van der Waals surface area contributed by atoms with Crippen LogP contribution in [0.4, 0.5) is 0 Å². The van der Waals surface area contributed by atoms with Crippen LogP contribution in [0, 0.1) is 11.3 Å². The van der Waals surface area contributed by atoms with E-state index in [4.69, 9.17) is 5.10 Å². The first kappa shape index (κ1) is 15.5. The molecule has 6 heteroatoms. The van der Waals surface area contributed by atoms with Crippen molar-refractivity contribution in [2.45, 2.75) is 51.9 Å². The third-order valence-corrected chi connectivity index (χ3v) is 6.41. The van der Waals surface area contributed by atoms with Gasteiger partial charge >= 0.3 is 0 Å². The predicted octanol–water partition coefficient (Wildman–Crippen LogP) is 2.42. The van der Waals surface area contributed by atoms with Gasteiger partial charge in [0.1, 0.15) is 17.8 Å². The average molecular weight is 327 g/mol. The molecule has 1 saturated carbocycles. The zero-order chi connectivity index (χ0) is 17.3. The van der Waals surface area contributed by atoms with Gasteiger partial charge in [-0.2, -0.15) is 5.10 Å². The first-order valence-corrected chi connectivity index (χ1v) is 8.71. The number of aryl methyl sites for hydroxylation is 2. The molecule has 2 aliphatic rings. The maximum Gasteiger partial charge on any atom is 0.199 e. The summed E-state index contributed by atoms with van der Waals surface area (Å²) in [6.07, 6.45) is 5.22. The van der Waals surface area contributed by atoms with Gasteiger partial charge in [0.25, 0.3) is 0 Å². The Balaban J connectivity index is 1.87. The lowest BCUT2D eigenvalue weighted by Crippen LogP contribution is -2.52. The van der Waals surface area contributed by atoms with Crippen molar-refractivity contribution in [3.05, 3.63) is 17.6 Å². The van der Waals surface area contributed by atoms with Crippen molar-refractivity contribution in [1.82, 2.24) is 24.5 Å². The quantitative estimate of drug-likeness (QED) is 0.807. The monoisotopic (exact) mass is 327 g/mol. The van der Waals surface area contributed by atoms with Gasteiger partial charge in [0.15, 0.2) is 5.82 Å². The van der Waals surface area contributed by atoms with Gasteiger partial charge in [-0.05, 0) is 25.2 Å². The van der Waals surface area contributed by atoms with E-state index >= 15 is 0 Å². The van der Waals surface area contributed by atoms with E-state index in [-0.39, 0.29) is 10.8 Å². The Kier molecular flexibility index (Phi) is 3.09. The third kappa shape index (κ3) is 1.88. The summed E-state index contributed by atoms with van der Waals surface area (Å²) in [5, 5.41) is 9.38. The molecule has 2 aromatic heterocycles. The van der Waals surface area contributed by atoms with E-state index in [1.54, 1.807) is 11.0 Å². The van der Waals surface area contributed by atoms with Crippen molar-refractivity contribution < 1.29 is 4.79 Å². The summed E-state index contributed by atoms with van der Waals surface area (Å²) in [7, 11) is 3.85. The SMILES string of the molecule is Cn1cnc(-c2c3c(nn2C)[C@@]2(C)CCC(=O)C(C)(C)[C@@H]2CC3)n1.